The van der Waals surface area contributed by atoms with Crippen molar-refractivity contribution >= 4 is 15.7 Å². The van der Waals surface area contributed by atoms with Crippen molar-refractivity contribution in [3.63, 3.8) is 0 Å². The Kier molecular flexibility index (Phi) is 5.76. The fourth-order valence-corrected chi connectivity index (χ4v) is 2.23. The van der Waals surface area contributed by atoms with Crippen molar-refractivity contribution in [3.05, 3.63) is 29.6 Å². The first-order valence-electron chi connectivity index (χ1n) is 5.46. The van der Waals surface area contributed by atoms with E-state index in [0.717, 1.165) is 6.07 Å². The lowest BCUT2D eigenvalue weighted by molar-refractivity contribution is 0.217. The zero-order chi connectivity index (χ0) is 14.3. The van der Waals surface area contributed by atoms with Crippen molar-refractivity contribution in [2.75, 3.05) is 30.7 Å². The van der Waals surface area contributed by atoms with Gasteiger partial charge < -0.3 is 10.5 Å². The van der Waals surface area contributed by atoms with E-state index < -0.39 is 15.8 Å². The van der Waals surface area contributed by atoms with Crippen LogP contribution in [0.5, 0.6) is 0 Å². The minimum Gasteiger partial charge on any atom is -0.384 e. The third kappa shape index (κ3) is 5.26. The van der Waals surface area contributed by atoms with E-state index in [4.69, 9.17) is 5.73 Å². The third-order valence-electron chi connectivity index (χ3n) is 2.13. The molecule has 0 spiro atoms. The van der Waals surface area contributed by atoms with Gasteiger partial charge in [0.1, 0.15) is 5.82 Å². The number of hydrogen-bond donors (Lipinski definition) is 2. The van der Waals surface area contributed by atoms with Gasteiger partial charge in [-0.15, -0.1) is 0 Å². The number of sulfonamides is 1. The number of ether oxygens (including phenoxy) is 1. The molecule has 0 aliphatic carbocycles. The number of nitrogens with two attached hydrogens (primary N) is 1. The first-order valence-corrected chi connectivity index (χ1v) is 7.11. The lowest BCUT2D eigenvalue weighted by Gasteiger charge is -2.08. The molecule has 7 heteroatoms. The molecule has 0 fully saturated rings. The Morgan fingerprint density at radius 3 is 2.79 bits per heavy atom. The van der Waals surface area contributed by atoms with Crippen LogP contribution in [0.2, 0.25) is 0 Å². The van der Waals surface area contributed by atoms with Gasteiger partial charge in [0.15, 0.2) is 0 Å². The highest BCUT2D eigenvalue weighted by atomic mass is 32.2. The summed E-state index contributed by atoms with van der Waals surface area (Å²) in [5.41, 5.74) is 5.52. The molecule has 0 aliphatic rings. The van der Waals surface area contributed by atoms with Gasteiger partial charge in [-0.2, -0.15) is 0 Å². The number of benzene rings is 1. The monoisotopic (exact) mass is 286 g/mol. The molecule has 0 bridgehead atoms. The summed E-state index contributed by atoms with van der Waals surface area (Å²) in [5, 5.41) is 0. The number of halogens is 1. The highest BCUT2D eigenvalue weighted by Crippen LogP contribution is 2.16. The van der Waals surface area contributed by atoms with Crippen molar-refractivity contribution < 1.29 is 17.5 Å². The highest BCUT2D eigenvalue weighted by Gasteiger charge is 2.13. The predicted octanol–water partition coefficient (Wildman–Crippen LogP) is 0.524. The van der Waals surface area contributed by atoms with Crippen LogP contribution in [-0.2, 0) is 14.8 Å². The molecule has 0 amide bonds. The molecule has 104 valence electrons. The van der Waals surface area contributed by atoms with Gasteiger partial charge in [-0.3, -0.25) is 4.72 Å². The van der Waals surface area contributed by atoms with Gasteiger partial charge in [0, 0.05) is 12.7 Å². The average Bonchev–Trinajstić information content (AvgIpc) is 2.37. The highest BCUT2D eigenvalue weighted by molar-refractivity contribution is 7.92. The summed E-state index contributed by atoms with van der Waals surface area (Å²) in [4.78, 5) is 0. The van der Waals surface area contributed by atoms with Crippen LogP contribution < -0.4 is 10.5 Å². The first-order chi connectivity index (χ1) is 8.98. The van der Waals surface area contributed by atoms with E-state index in [0.29, 0.717) is 5.56 Å². The second-order valence-corrected chi connectivity index (χ2v) is 5.46. The molecule has 0 aromatic heterocycles. The molecule has 1 aromatic rings. The summed E-state index contributed by atoms with van der Waals surface area (Å²) in [6, 6.07) is 3.98. The minimum atomic E-state index is -3.62. The fraction of sp³-hybridized carbons (Fsp3) is 0.333. The van der Waals surface area contributed by atoms with Crippen LogP contribution in [-0.4, -0.2) is 34.4 Å². The summed E-state index contributed by atoms with van der Waals surface area (Å²) < 4.78 is 43.6. The zero-order valence-electron chi connectivity index (χ0n) is 10.4. The Labute approximate surface area is 112 Å². The Morgan fingerprint density at radius 2 is 2.21 bits per heavy atom. The Hall–Kier alpha value is -1.62. The maximum absolute atomic E-state index is 13.7. The van der Waals surface area contributed by atoms with Crippen LogP contribution in [0.4, 0.5) is 10.1 Å². The molecular formula is C12H15FN2O3S. The van der Waals surface area contributed by atoms with Crippen molar-refractivity contribution in [2.24, 2.45) is 5.73 Å². The van der Waals surface area contributed by atoms with Crippen molar-refractivity contribution in [3.8, 4) is 11.8 Å². The molecule has 19 heavy (non-hydrogen) atoms. The van der Waals surface area contributed by atoms with Gasteiger partial charge in [0.05, 0.1) is 24.6 Å². The standard InChI is InChI=1S/C12H15FN2O3S/c1-18-7-8-19(16,17)15-12-5-4-10(3-2-6-14)9-11(12)13/h4-5,9,15H,6-8,14H2,1H3. The number of hydrogen-bond acceptors (Lipinski definition) is 4. The van der Waals surface area contributed by atoms with Crippen LogP contribution in [0.15, 0.2) is 18.2 Å². The normalized spacial score (nSPS) is 10.7. The smallest absolute Gasteiger partial charge is 0.235 e. The molecule has 3 N–H and O–H groups in total. The molecule has 0 aliphatic heterocycles. The summed E-state index contributed by atoms with van der Waals surface area (Å²) in [6.07, 6.45) is 0. The summed E-state index contributed by atoms with van der Waals surface area (Å²) in [6.45, 7) is 0.212. The number of anilines is 1. The summed E-state index contributed by atoms with van der Waals surface area (Å²) in [7, 11) is -2.23. The van der Waals surface area contributed by atoms with Crippen molar-refractivity contribution in [2.45, 2.75) is 0 Å². The SMILES string of the molecule is COCCS(=O)(=O)Nc1ccc(C#CCN)cc1F. The second kappa shape index (κ2) is 7.09. The minimum absolute atomic E-state index is 0.0387. The van der Waals surface area contributed by atoms with Crippen LogP contribution in [0.25, 0.3) is 0 Å². The quantitative estimate of drug-likeness (QED) is 0.773. The van der Waals surface area contributed by atoms with Gasteiger partial charge in [-0.05, 0) is 18.2 Å². The Bertz CT molecular complexity index is 591. The average molecular weight is 286 g/mol. The van der Waals surface area contributed by atoms with Gasteiger partial charge >= 0.3 is 0 Å². The van der Waals surface area contributed by atoms with E-state index in [2.05, 4.69) is 21.3 Å². The van der Waals surface area contributed by atoms with E-state index in [1.54, 1.807) is 0 Å². The zero-order valence-corrected chi connectivity index (χ0v) is 11.3. The molecule has 1 rings (SSSR count). The van der Waals surface area contributed by atoms with E-state index in [9.17, 15) is 12.8 Å². The first kappa shape index (κ1) is 15.4. The van der Waals surface area contributed by atoms with Crippen molar-refractivity contribution in [1.29, 1.82) is 0 Å². The fourth-order valence-electron chi connectivity index (χ4n) is 1.24. The van der Waals surface area contributed by atoms with Crippen LogP contribution in [0.1, 0.15) is 5.56 Å². The Morgan fingerprint density at radius 1 is 1.47 bits per heavy atom. The molecule has 0 saturated carbocycles. The summed E-state index contributed by atoms with van der Waals surface area (Å²) >= 11 is 0. The number of rotatable bonds is 5. The third-order valence-corrected chi connectivity index (χ3v) is 3.36. The van der Waals surface area contributed by atoms with E-state index in [-0.39, 0.29) is 24.6 Å². The molecule has 0 heterocycles. The van der Waals surface area contributed by atoms with Crippen molar-refractivity contribution in [1.82, 2.24) is 0 Å². The van der Waals surface area contributed by atoms with Crippen LogP contribution in [0.3, 0.4) is 0 Å². The maximum Gasteiger partial charge on any atom is 0.235 e. The maximum atomic E-state index is 13.7. The second-order valence-electron chi connectivity index (χ2n) is 3.61. The van der Waals surface area contributed by atoms with Gasteiger partial charge in [0.2, 0.25) is 10.0 Å². The molecular weight excluding hydrogens is 271 g/mol. The molecule has 0 radical (unpaired) electrons. The number of methoxy groups -OCH3 is 1. The summed E-state index contributed by atoms with van der Waals surface area (Å²) in [5.74, 6) is 4.31. The van der Waals surface area contributed by atoms with Gasteiger partial charge in [0.25, 0.3) is 0 Å². The largest absolute Gasteiger partial charge is 0.384 e. The van der Waals surface area contributed by atoms with Crippen LogP contribution in [0, 0.1) is 17.7 Å². The molecule has 0 saturated heterocycles. The number of nitrogens with one attached hydrogen (secondary N) is 1. The molecule has 0 unspecified atom stereocenters. The molecule has 0 atom stereocenters. The Balaban J connectivity index is 2.86. The predicted molar refractivity (Wildman–Crippen MR) is 71.6 cm³/mol. The molecule has 5 nitrogen and oxygen atoms in total. The lowest BCUT2D eigenvalue weighted by Crippen LogP contribution is -2.20. The van der Waals surface area contributed by atoms with Crippen LogP contribution >= 0.6 is 0 Å². The molecule has 1 aromatic carbocycles. The van der Waals surface area contributed by atoms with Gasteiger partial charge in [-0.1, -0.05) is 11.8 Å². The van der Waals surface area contributed by atoms with E-state index in [1.165, 1.54) is 19.2 Å². The van der Waals surface area contributed by atoms with Gasteiger partial charge in [-0.25, -0.2) is 12.8 Å². The topological polar surface area (TPSA) is 81.4 Å². The van der Waals surface area contributed by atoms with E-state index in [1.807, 2.05) is 0 Å². The van der Waals surface area contributed by atoms with E-state index >= 15 is 0 Å². The lowest BCUT2D eigenvalue weighted by atomic mass is 10.2.